The summed E-state index contributed by atoms with van der Waals surface area (Å²) in [5.74, 6) is 15.9. The highest BCUT2D eigenvalue weighted by molar-refractivity contribution is 6.26. The van der Waals surface area contributed by atoms with Gasteiger partial charge in [-0.15, -0.1) is 0 Å². The smallest absolute Gasteiger partial charge is 0.0462 e. The molecule has 0 spiro atoms. The van der Waals surface area contributed by atoms with Crippen molar-refractivity contribution in [3.63, 3.8) is 0 Å². The van der Waals surface area contributed by atoms with Crippen LogP contribution in [0.3, 0.4) is 0 Å². The molecule has 0 aromatic heterocycles. The molecule has 70 heavy (non-hydrogen) atoms. The summed E-state index contributed by atoms with van der Waals surface area (Å²) in [7, 11) is 0. The fourth-order valence-corrected chi connectivity index (χ4v) is 11.6. The largest absolute Gasteiger partial charge is 0.311 e. The SMILES string of the molecule is C(#Cc1cc(C2CCCCC2)c2ccc3c(C4CCCCC4)cc(C#Cc4ccc(N(c5ccccc5)c5ccccc5)cc4)c4ccc1c2c43)c1ccc(N(c2ccccc2)c2ccccc2)cc1. The third-order valence-electron chi connectivity index (χ3n) is 15.0. The number of para-hydroxylation sites is 4. The summed E-state index contributed by atoms with van der Waals surface area (Å²) in [6, 6.07) is 74.5. The van der Waals surface area contributed by atoms with Gasteiger partial charge in [-0.1, -0.05) is 159 Å². The molecule has 2 aliphatic rings. The molecule has 10 aromatic carbocycles. The summed E-state index contributed by atoms with van der Waals surface area (Å²) in [4.78, 5) is 4.61. The van der Waals surface area contributed by atoms with Crippen molar-refractivity contribution in [3.05, 3.63) is 240 Å². The highest BCUT2D eigenvalue weighted by Gasteiger charge is 2.25. The minimum atomic E-state index is 0.528. The van der Waals surface area contributed by atoms with Gasteiger partial charge in [0.25, 0.3) is 0 Å². The molecule has 12 rings (SSSR count). The molecule has 0 atom stereocenters. The van der Waals surface area contributed by atoms with Crippen LogP contribution in [0.2, 0.25) is 0 Å². The molecule has 2 heteroatoms. The van der Waals surface area contributed by atoms with E-state index < -0.39 is 0 Å². The lowest BCUT2D eigenvalue weighted by molar-refractivity contribution is 0.445. The minimum absolute atomic E-state index is 0.528. The summed E-state index contributed by atoms with van der Waals surface area (Å²) >= 11 is 0. The number of rotatable bonds is 8. The van der Waals surface area contributed by atoms with Crippen molar-refractivity contribution in [2.24, 2.45) is 0 Å². The summed E-state index contributed by atoms with van der Waals surface area (Å²) in [5, 5.41) is 8.01. The zero-order chi connectivity index (χ0) is 46.6. The quantitative estimate of drug-likeness (QED) is 0.111. The van der Waals surface area contributed by atoms with Gasteiger partial charge < -0.3 is 9.80 Å². The normalized spacial score (nSPS) is 14.2. The lowest BCUT2D eigenvalue weighted by atomic mass is 9.77. The molecule has 0 radical (unpaired) electrons. The van der Waals surface area contributed by atoms with E-state index in [4.69, 9.17) is 0 Å². The average Bonchev–Trinajstić information content (AvgIpc) is 3.44. The zero-order valence-corrected chi connectivity index (χ0v) is 39.8. The predicted octanol–water partition coefficient (Wildman–Crippen LogP) is 18.4. The van der Waals surface area contributed by atoms with E-state index in [9.17, 15) is 0 Å². The van der Waals surface area contributed by atoms with E-state index in [-0.39, 0.29) is 0 Å². The van der Waals surface area contributed by atoms with Gasteiger partial charge in [-0.25, -0.2) is 0 Å². The Morgan fingerprint density at radius 2 is 0.586 bits per heavy atom. The van der Waals surface area contributed by atoms with E-state index in [2.05, 4.69) is 240 Å². The number of nitrogens with zero attached hydrogens (tertiary/aromatic N) is 2. The van der Waals surface area contributed by atoms with Crippen LogP contribution in [0.4, 0.5) is 34.1 Å². The first-order valence-corrected chi connectivity index (χ1v) is 25.6. The fourth-order valence-electron chi connectivity index (χ4n) is 11.6. The number of hydrogen-bond donors (Lipinski definition) is 0. The Balaban J connectivity index is 0.970. The van der Waals surface area contributed by atoms with Gasteiger partial charge in [0.2, 0.25) is 0 Å². The van der Waals surface area contributed by atoms with Crippen molar-refractivity contribution in [3.8, 4) is 23.7 Å². The van der Waals surface area contributed by atoms with Gasteiger partial charge >= 0.3 is 0 Å². The van der Waals surface area contributed by atoms with Crippen LogP contribution in [0, 0.1) is 23.7 Å². The van der Waals surface area contributed by atoms with E-state index in [1.165, 1.54) is 108 Å². The van der Waals surface area contributed by atoms with E-state index in [1.54, 1.807) is 0 Å². The molecular formula is C68H56N2. The van der Waals surface area contributed by atoms with Gasteiger partial charge in [-0.05, 0) is 190 Å². The van der Waals surface area contributed by atoms with E-state index >= 15 is 0 Å². The Hall–Kier alpha value is -8.04. The Kier molecular flexibility index (Phi) is 12.1. The van der Waals surface area contributed by atoms with Gasteiger partial charge in [0.1, 0.15) is 0 Å². The maximum Gasteiger partial charge on any atom is 0.0462 e. The van der Waals surface area contributed by atoms with Gasteiger partial charge in [0.05, 0.1) is 0 Å². The van der Waals surface area contributed by atoms with Crippen LogP contribution in [0.1, 0.15) is 109 Å². The summed E-state index contributed by atoms with van der Waals surface area (Å²) in [6.07, 6.45) is 12.7. The zero-order valence-electron chi connectivity index (χ0n) is 39.8. The fraction of sp³-hybridized carbons (Fsp3) is 0.176. The molecular weight excluding hydrogens is 845 g/mol. The molecule has 10 aromatic rings. The Morgan fingerprint density at radius 3 is 0.914 bits per heavy atom. The van der Waals surface area contributed by atoms with Crippen LogP contribution >= 0.6 is 0 Å². The third-order valence-corrected chi connectivity index (χ3v) is 15.0. The molecule has 0 amide bonds. The van der Waals surface area contributed by atoms with E-state index in [0.29, 0.717) is 11.8 Å². The minimum Gasteiger partial charge on any atom is -0.311 e. The van der Waals surface area contributed by atoms with Crippen molar-refractivity contribution in [1.82, 2.24) is 0 Å². The van der Waals surface area contributed by atoms with Gasteiger partial charge in [-0.3, -0.25) is 0 Å². The predicted molar refractivity (Wildman–Crippen MR) is 296 cm³/mol. The topological polar surface area (TPSA) is 6.48 Å². The second-order valence-corrected chi connectivity index (χ2v) is 19.4. The molecule has 0 aliphatic heterocycles. The summed E-state index contributed by atoms with van der Waals surface area (Å²) in [5.41, 5.74) is 13.9. The van der Waals surface area contributed by atoms with Crippen LogP contribution in [-0.4, -0.2) is 0 Å². The number of anilines is 6. The Bertz CT molecular complexity index is 3210. The van der Waals surface area contributed by atoms with Crippen molar-refractivity contribution in [1.29, 1.82) is 0 Å². The van der Waals surface area contributed by atoms with Crippen molar-refractivity contribution in [2.45, 2.75) is 76.0 Å². The standard InChI is InChI=1S/C68H56N2/c1-7-19-51(20-8-1)65-47-53(37-31-49-33-39-59(40-34-49)69(55-23-11-3-12-24-55)56-25-13-4-14-26-56)61-43-44-62-54(48-66(52-21-9-2-10-22-52)64-46-45-63(65)67(61)68(62)64)38-32-50-35-41-60(42-36-50)70(57-27-15-5-16-28-57)58-29-17-6-18-30-58/h3-6,11-18,23-30,33-36,39-48,51-52H,1-2,7-10,19-22H2. The molecule has 2 nitrogen and oxygen atoms in total. The molecule has 0 saturated heterocycles. The maximum absolute atomic E-state index is 3.78. The maximum atomic E-state index is 3.78. The second kappa shape index (κ2) is 19.5. The van der Waals surface area contributed by atoms with Crippen LogP contribution < -0.4 is 9.80 Å². The van der Waals surface area contributed by atoms with Gasteiger partial charge in [-0.2, -0.15) is 0 Å². The molecule has 2 aliphatic carbocycles. The lowest BCUT2D eigenvalue weighted by Gasteiger charge is -2.27. The molecule has 0 bridgehead atoms. The van der Waals surface area contributed by atoms with Crippen molar-refractivity contribution >= 4 is 66.4 Å². The summed E-state index contributed by atoms with van der Waals surface area (Å²) in [6.45, 7) is 0. The highest BCUT2D eigenvalue weighted by Crippen LogP contribution is 2.47. The monoisotopic (exact) mass is 900 g/mol. The third kappa shape index (κ3) is 8.57. The molecule has 2 saturated carbocycles. The van der Waals surface area contributed by atoms with Crippen LogP contribution in [-0.2, 0) is 0 Å². The van der Waals surface area contributed by atoms with Crippen molar-refractivity contribution in [2.75, 3.05) is 9.80 Å². The van der Waals surface area contributed by atoms with Crippen molar-refractivity contribution < 1.29 is 0 Å². The molecule has 338 valence electrons. The second-order valence-electron chi connectivity index (χ2n) is 19.4. The lowest BCUT2D eigenvalue weighted by Crippen LogP contribution is -2.09. The van der Waals surface area contributed by atoms with E-state index in [0.717, 1.165) is 56.4 Å². The van der Waals surface area contributed by atoms with Crippen LogP contribution in [0.25, 0.3) is 32.3 Å². The first kappa shape index (κ1) is 43.3. The Labute approximate surface area is 413 Å². The summed E-state index contributed by atoms with van der Waals surface area (Å²) < 4.78 is 0. The van der Waals surface area contributed by atoms with E-state index in [1.807, 2.05) is 0 Å². The highest BCUT2D eigenvalue weighted by atomic mass is 15.1. The molecule has 0 N–H and O–H groups in total. The van der Waals surface area contributed by atoms with Crippen LogP contribution in [0.5, 0.6) is 0 Å². The number of benzene rings is 10. The molecule has 0 heterocycles. The molecule has 2 fully saturated rings. The van der Waals surface area contributed by atoms with Gasteiger partial charge in [0.15, 0.2) is 0 Å². The first-order valence-electron chi connectivity index (χ1n) is 25.6. The molecule has 0 unspecified atom stereocenters. The first-order chi connectivity index (χ1) is 34.7. The Morgan fingerprint density at radius 1 is 0.286 bits per heavy atom. The van der Waals surface area contributed by atoms with Gasteiger partial charge in [0, 0.05) is 56.4 Å². The number of hydrogen-bond acceptors (Lipinski definition) is 2. The average molecular weight is 901 g/mol. The van der Waals surface area contributed by atoms with Crippen LogP contribution in [0.15, 0.2) is 206 Å².